The molecule has 3 atom stereocenters. The molecule has 0 spiro atoms. The Morgan fingerprint density at radius 1 is 1.56 bits per heavy atom. The van der Waals surface area contributed by atoms with E-state index in [4.69, 9.17) is 10.5 Å². The largest absolute Gasteiger partial charge is 0.377 e. The molecule has 88 valence electrons. The van der Waals surface area contributed by atoms with Crippen LogP contribution in [0.4, 0.5) is 0 Å². The second-order valence-corrected chi connectivity index (χ2v) is 5.50. The summed E-state index contributed by atoms with van der Waals surface area (Å²) in [7, 11) is 0. The summed E-state index contributed by atoms with van der Waals surface area (Å²) in [6.07, 6.45) is 3.32. The van der Waals surface area contributed by atoms with Crippen molar-refractivity contribution >= 4 is 11.8 Å². The molecule has 2 N–H and O–H groups in total. The zero-order valence-electron chi connectivity index (χ0n) is 9.72. The van der Waals surface area contributed by atoms with E-state index in [0.29, 0.717) is 11.4 Å². The lowest BCUT2D eigenvalue weighted by Crippen LogP contribution is -2.13. The standard InChI is InChI=1S/C12H18N2OS/c1-8(13)10-3-4-12(14-7-10)16-11-5-6-15-9(11)2/h3-4,7-9,11H,5-6,13H2,1-2H3/t8-,9?,11?/m0/s1. The van der Waals surface area contributed by atoms with Gasteiger partial charge in [-0.2, -0.15) is 0 Å². The fourth-order valence-electron chi connectivity index (χ4n) is 1.75. The van der Waals surface area contributed by atoms with Gasteiger partial charge in [-0.1, -0.05) is 6.07 Å². The van der Waals surface area contributed by atoms with Crippen molar-refractivity contribution in [1.29, 1.82) is 0 Å². The summed E-state index contributed by atoms with van der Waals surface area (Å²) in [5.74, 6) is 0. The lowest BCUT2D eigenvalue weighted by Gasteiger charge is -2.13. The van der Waals surface area contributed by atoms with Crippen LogP contribution in [0.1, 0.15) is 31.9 Å². The van der Waals surface area contributed by atoms with Crippen LogP contribution in [-0.4, -0.2) is 22.9 Å². The second-order valence-electron chi connectivity index (χ2n) is 4.24. The molecule has 0 aliphatic carbocycles. The molecule has 0 radical (unpaired) electrons. The number of nitrogens with zero attached hydrogens (tertiary/aromatic N) is 1. The zero-order valence-corrected chi connectivity index (χ0v) is 10.5. The lowest BCUT2D eigenvalue weighted by molar-refractivity contribution is 0.127. The highest BCUT2D eigenvalue weighted by Crippen LogP contribution is 2.31. The highest BCUT2D eigenvalue weighted by atomic mass is 32.2. The van der Waals surface area contributed by atoms with Gasteiger partial charge in [0.2, 0.25) is 0 Å². The third kappa shape index (κ3) is 2.75. The van der Waals surface area contributed by atoms with Crippen LogP contribution in [0.15, 0.2) is 23.4 Å². The van der Waals surface area contributed by atoms with E-state index in [9.17, 15) is 0 Å². The molecule has 2 unspecified atom stereocenters. The molecular formula is C12H18N2OS. The van der Waals surface area contributed by atoms with Crippen molar-refractivity contribution in [3.05, 3.63) is 23.9 Å². The van der Waals surface area contributed by atoms with Crippen LogP contribution in [0.5, 0.6) is 0 Å². The van der Waals surface area contributed by atoms with Crippen LogP contribution in [0, 0.1) is 0 Å². The first-order valence-electron chi connectivity index (χ1n) is 5.66. The van der Waals surface area contributed by atoms with E-state index in [1.54, 1.807) is 11.8 Å². The van der Waals surface area contributed by atoms with Gasteiger partial charge in [0, 0.05) is 24.1 Å². The van der Waals surface area contributed by atoms with Gasteiger partial charge in [0.25, 0.3) is 0 Å². The number of pyridine rings is 1. The molecule has 1 aromatic heterocycles. The predicted molar refractivity (Wildman–Crippen MR) is 66.5 cm³/mol. The van der Waals surface area contributed by atoms with Crippen LogP contribution in [0.3, 0.4) is 0 Å². The number of hydrogen-bond donors (Lipinski definition) is 1. The Morgan fingerprint density at radius 2 is 2.38 bits per heavy atom. The SMILES string of the molecule is CC1OCCC1Sc1ccc([C@H](C)N)cn1. The van der Waals surface area contributed by atoms with E-state index in [2.05, 4.69) is 24.0 Å². The molecule has 2 heterocycles. The average Bonchev–Trinajstić information content (AvgIpc) is 2.65. The van der Waals surface area contributed by atoms with Crippen LogP contribution >= 0.6 is 11.8 Å². The first-order chi connectivity index (χ1) is 7.66. The maximum atomic E-state index is 5.78. The molecule has 1 aliphatic rings. The zero-order chi connectivity index (χ0) is 11.5. The Kier molecular flexibility index (Phi) is 3.84. The van der Waals surface area contributed by atoms with Crippen molar-refractivity contribution < 1.29 is 4.74 Å². The predicted octanol–water partition coefficient (Wildman–Crippen LogP) is 2.37. The second kappa shape index (κ2) is 5.17. The Morgan fingerprint density at radius 3 is 2.88 bits per heavy atom. The number of thioether (sulfide) groups is 1. The summed E-state index contributed by atoms with van der Waals surface area (Å²) in [6.45, 7) is 4.97. The fraction of sp³-hybridized carbons (Fsp3) is 0.583. The molecule has 3 nitrogen and oxygen atoms in total. The van der Waals surface area contributed by atoms with Crippen LogP contribution < -0.4 is 5.73 Å². The maximum absolute atomic E-state index is 5.78. The van der Waals surface area contributed by atoms with Crippen molar-refractivity contribution in [3.63, 3.8) is 0 Å². The molecule has 1 aliphatic heterocycles. The molecule has 1 saturated heterocycles. The van der Waals surface area contributed by atoms with Crippen molar-refractivity contribution in [2.75, 3.05) is 6.61 Å². The number of aromatic nitrogens is 1. The van der Waals surface area contributed by atoms with Gasteiger partial charge in [-0.05, 0) is 31.9 Å². The van der Waals surface area contributed by atoms with Gasteiger partial charge in [-0.15, -0.1) is 11.8 Å². The molecule has 16 heavy (non-hydrogen) atoms. The van der Waals surface area contributed by atoms with Crippen molar-refractivity contribution in [3.8, 4) is 0 Å². The van der Waals surface area contributed by atoms with Crippen molar-refractivity contribution in [2.24, 2.45) is 5.73 Å². The lowest BCUT2D eigenvalue weighted by atomic mass is 10.2. The van der Waals surface area contributed by atoms with E-state index >= 15 is 0 Å². The fourth-order valence-corrected chi connectivity index (χ4v) is 2.81. The van der Waals surface area contributed by atoms with Gasteiger partial charge in [0.05, 0.1) is 11.1 Å². The summed E-state index contributed by atoms with van der Waals surface area (Å²) in [4.78, 5) is 4.43. The minimum atomic E-state index is 0.0558. The quantitative estimate of drug-likeness (QED) is 0.878. The summed E-state index contributed by atoms with van der Waals surface area (Å²) < 4.78 is 5.53. The van der Waals surface area contributed by atoms with E-state index < -0.39 is 0 Å². The molecule has 1 fully saturated rings. The molecule has 0 bridgehead atoms. The molecule has 4 heteroatoms. The molecule has 0 saturated carbocycles. The minimum Gasteiger partial charge on any atom is -0.377 e. The van der Waals surface area contributed by atoms with E-state index in [1.165, 1.54) is 0 Å². The normalized spacial score (nSPS) is 26.9. The molecule has 0 aromatic carbocycles. The Balaban J connectivity index is 1.99. The number of rotatable bonds is 3. The molecule has 0 amide bonds. The molecule has 1 aromatic rings. The Labute approximate surface area is 101 Å². The van der Waals surface area contributed by atoms with Gasteiger partial charge in [-0.3, -0.25) is 0 Å². The number of nitrogens with two attached hydrogens (primary N) is 1. The number of hydrogen-bond acceptors (Lipinski definition) is 4. The summed E-state index contributed by atoms with van der Waals surface area (Å²) in [6, 6.07) is 4.16. The van der Waals surface area contributed by atoms with Crippen LogP contribution in [0.25, 0.3) is 0 Å². The van der Waals surface area contributed by atoms with Gasteiger partial charge >= 0.3 is 0 Å². The summed E-state index contributed by atoms with van der Waals surface area (Å²) >= 11 is 1.80. The van der Waals surface area contributed by atoms with Crippen molar-refractivity contribution in [1.82, 2.24) is 4.98 Å². The van der Waals surface area contributed by atoms with Gasteiger partial charge < -0.3 is 10.5 Å². The van der Waals surface area contributed by atoms with Crippen molar-refractivity contribution in [2.45, 2.75) is 42.7 Å². The smallest absolute Gasteiger partial charge is 0.0963 e. The molecule has 2 rings (SSSR count). The first-order valence-corrected chi connectivity index (χ1v) is 6.54. The third-order valence-electron chi connectivity index (χ3n) is 2.86. The van der Waals surface area contributed by atoms with Gasteiger partial charge in [0.1, 0.15) is 0 Å². The Hall–Kier alpha value is -0.580. The van der Waals surface area contributed by atoms with Crippen LogP contribution in [-0.2, 0) is 4.74 Å². The summed E-state index contributed by atoms with van der Waals surface area (Å²) in [5.41, 5.74) is 6.87. The minimum absolute atomic E-state index is 0.0558. The number of ether oxygens (including phenoxy) is 1. The molecular weight excluding hydrogens is 220 g/mol. The Bertz CT molecular complexity index is 339. The van der Waals surface area contributed by atoms with Gasteiger partial charge in [-0.25, -0.2) is 4.98 Å². The van der Waals surface area contributed by atoms with E-state index in [-0.39, 0.29) is 6.04 Å². The third-order valence-corrected chi connectivity index (χ3v) is 4.27. The van der Waals surface area contributed by atoms with Crippen LogP contribution in [0.2, 0.25) is 0 Å². The van der Waals surface area contributed by atoms with Gasteiger partial charge in [0.15, 0.2) is 0 Å². The highest BCUT2D eigenvalue weighted by molar-refractivity contribution is 7.99. The van der Waals surface area contributed by atoms with E-state index in [1.807, 2.05) is 13.1 Å². The topological polar surface area (TPSA) is 48.1 Å². The highest BCUT2D eigenvalue weighted by Gasteiger charge is 2.25. The summed E-state index contributed by atoms with van der Waals surface area (Å²) in [5, 5.41) is 1.60. The van der Waals surface area contributed by atoms with E-state index in [0.717, 1.165) is 23.6 Å². The average molecular weight is 238 g/mol. The maximum Gasteiger partial charge on any atom is 0.0963 e. The first kappa shape index (κ1) is 11.9. The monoisotopic (exact) mass is 238 g/mol.